The standard InChI is InChI=1S/C13H18FNOS/c1-9(2)16-13-4-3-10(7-11(13)14)12-8-17-6-5-15-12/h3-4,7,9,12,15H,5-6,8H2,1-2H3. The van der Waals surface area contributed by atoms with E-state index in [0.29, 0.717) is 5.75 Å². The highest BCUT2D eigenvalue weighted by atomic mass is 32.2. The topological polar surface area (TPSA) is 21.3 Å². The van der Waals surface area contributed by atoms with Gasteiger partial charge in [-0.15, -0.1) is 0 Å². The van der Waals surface area contributed by atoms with Gasteiger partial charge in [0, 0.05) is 24.1 Å². The molecule has 0 aliphatic carbocycles. The quantitative estimate of drug-likeness (QED) is 0.897. The second kappa shape index (κ2) is 5.74. The predicted octanol–water partition coefficient (Wildman–Crippen LogP) is 2.99. The Morgan fingerprint density at radius 2 is 2.29 bits per heavy atom. The number of thioether (sulfide) groups is 1. The molecule has 1 aromatic rings. The fourth-order valence-electron chi connectivity index (χ4n) is 1.86. The molecule has 1 aromatic carbocycles. The Morgan fingerprint density at radius 3 is 2.88 bits per heavy atom. The predicted molar refractivity (Wildman–Crippen MR) is 70.2 cm³/mol. The smallest absolute Gasteiger partial charge is 0.165 e. The Morgan fingerprint density at radius 1 is 1.47 bits per heavy atom. The van der Waals surface area contributed by atoms with E-state index in [1.807, 2.05) is 31.7 Å². The molecule has 1 saturated heterocycles. The number of ether oxygens (including phenoxy) is 1. The van der Waals surface area contributed by atoms with Gasteiger partial charge in [0.1, 0.15) is 0 Å². The minimum Gasteiger partial charge on any atom is -0.488 e. The van der Waals surface area contributed by atoms with Crippen molar-refractivity contribution in [3.63, 3.8) is 0 Å². The number of hydrogen-bond donors (Lipinski definition) is 1. The minimum atomic E-state index is -0.270. The third-order valence-corrected chi connectivity index (χ3v) is 3.70. The zero-order valence-corrected chi connectivity index (χ0v) is 11.0. The van der Waals surface area contributed by atoms with Crippen LogP contribution in [0.25, 0.3) is 0 Å². The van der Waals surface area contributed by atoms with Gasteiger partial charge in [-0.3, -0.25) is 0 Å². The lowest BCUT2D eigenvalue weighted by Gasteiger charge is -2.24. The number of nitrogens with one attached hydrogen (secondary N) is 1. The fourth-order valence-corrected chi connectivity index (χ4v) is 2.84. The van der Waals surface area contributed by atoms with Crippen LogP contribution in [-0.4, -0.2) is 24.2 Å². The van der Waals surface area contributed by atoms with E-state index in [0.717, 1.165) is 23.6 Å². The third-order valence-electron chi connectivity index (χ3n) is 2.64. The average Bonchev–Trinajstić information content (AvgIpc) is 2.32. The van der Waals surface area contributed by atoms with E-state index in [1.165, 1.54) is 0 Å². The normalized spacial score (nSPS) is 20.6. The van der Waals surface area contributed by atoms with Gasteiger partial charge in [-0.2, -0.15) is 11.8 Å². The summed E-state index contributed by atoms with van der Waals surface area (Å²) in [7, 11) is 0. The molecule has 0 spiro atoms. The molecule has 1 unspecified atom stereocenters. The van der Waals surface area contributed by atoms with Gasteiger partial charge >= 0.3 is 0 Å². The van der Waals surface area contributed by atoms with Crippen LogP contribution in [0, 0.1) is 5.82 Å². The maximum Gasteiger partial charge on any atom is 0.165 e. The van der Waals surface area contributed by atoms with Crippen molar-refractivity contribution in [3.05, 3.63) is 29.6 Å². The van der Waals surface area contributed by atoms with Crippen molar-refractivity contribution >= 4 is 11.8 Å². The SMILES string of the molecule is CC(C)Oc1ccc(C2CSCCN2)cc1F. The molecule has 1 fully saturated rings. The van der Waals surface area contributed by atoms with E-state index < -0.39 is 0 Å². The third kappa shape index (κ3) is 3.36. The van der Waals surface area contributed by atoms with Gasteiger partial charge in [0.2, 0.25) is 0 Å². The molecule has 1 aliphatic rings. The molecule has 1 heterocycles. The molecule has 0 amide bonds. The van der Waals surface area contributed by atoms with E-state index >= 15 is 0 Å². The first-order chi connectivity index (χ1) is 8.16. The lowest BCUT2D eigenvalue weighted by molar-refractivity contribution is 0.231. The van der Waals surface area contributed by atoms with Crippen LogP contribution in [0.5, 0.6) is 5.75 Å². The summed E-state index contributed by atoms with van der Waals surface area (Å²) in [6, 6.07) is 5.52. The van der Waals surface area contributed by atoms with Gasteiger partial charge in [-0.05, 0) is 31.5 Å². The van der Waals surface area contributed by atoms with Crippen molar-refractivity contribution in [2.24, 2.45) is 0 Å². The van der Waals surface area contributed by atoms with Crippen LogP contribution in [0.4, 0.5) is 4.39 Å². The number of hydrogen-bond acceptors (Lipinski definition) is 3. The van der Waals surface area contributed by atoms with E-state index in [1.54, 1.807) is 12.1 Å². The van der Waals surface area contributed by atoms with E-state index in [-0.39, 0.29) is 18.0 Å². The highest BCUT2D eigenvalue weighted by Gasteiger charge is 2.17. The summed E-state index contributed by atoms with van der Waals surface area (Å²) >= 11 is 1.90. The lowest BCUT2D eigenvalue weighted by atomic mass is 10.1. The van der Waals surface area contributed by atoms with E-state index in [9.17, 15) is 4.39 Å². The first-order valence-electron chi connectivity index (χ1n) is 5.94. The van der Waals surface area contributed by atoms with Crippen LogP contribution < -0.4 is 10.1 Å². The molecule has 2 nitrogen and oxygen atoms in total. The van der Waals surface area contributed by atoms with Crippen molar-refractivity contribution in [2.45, 2.75) is 26.0 Å². The van der Waals surface area contributed by atoms with Gasteiger partial charge in [0.15, 0.2) is 11.6 Å². The maximum atomic E-state index is 13.8. The Kier molecular flexibility index (Phi) is 4.29. The molecule has 0 saturated carbocycles. The van der Waals surface area contributed by atoms with Gasteiger partial charge in [0.25, 0.3) is 0 Å². The maximum absolute atomic E-state index is 13.8. The number of rotatable bonds is 3. The van der Waals surface area contributed by atoms with E-state index in [2.05, 4.69) is 5.32 Å². The van der Waals surface area contributed by atoms with Crippen LogP contribution in [0.1, 0.15) is 25.5 Å². The summed E-state index contributed by atoms with van der Waals surface area (Å²) in [6.07, 6.45) is -0.00119. The summed E-state index contributed by atoms with van der Waals surface area (Å²) in [5.41, 5.74) is 1.01. The largest absolute Gasteiger partial charge is 0.488 e. The molecular weight excluding hydrogens is 237 g/mol. The van der Waals surface area contributed by atoms with Crippen LogP contribution in [-0.2, 0) is 0 Å². The Balaban J connectivity index is 2.12. The number of halogens is 1. The molecule has 0 radical (unpaired) electrons. The summed E-state index contributed by atoms with van der Waals surface area (Å²) in [5.74, 6) is 2.21. The Bertz CT molecular complexity index is 378. The summed E-state index contributed by atoms with van der Waals surface area (Å²) in [6.45, 7) is 4.78. The molecule has 1 aliphatic heterocycles. The van der Waals surface area contributed by atoms with E-state index in [4.69, 9.17) is 4.74 Å². The van der Waals surface area contributed by atoms with Gasteiger partial charge in [-0.1, -0.05) is 6.07 Å². The second-order valence-corrected chi connectivity index (χ2v) is 5.59. The first-order valence-corrected chi connectivity index (χ1v) is 7.09. The minimum absolute atomic E-state index is 0.00119. The molecular formula is C13H18FNOS. The Labute approximate surface area is 106 Å². The van der Waals surface area contributed by atoms with Crippen LogP contribution in [0.15, 0.2) is 18.2 Å². The average molecular weight is 255 g/mol. The molecule has 1 atom stereocenters. The van der Waals surface area contributed by atoms with Crippen LogP contribution >= 0.6 is 11.8 Å². The zero-order valence-electron chi connectivity index (χ0n) is 10.2. The van der Waals surface area contributed by atoms with Crippen molar-refractivity contribution < 1.29 is 9.13 Å². The summed E-state index contributed by atoms with van der Waals surface area (Å²) in [4.78, 5) is 0. The van der Waals surface area contributed by atoms with Crippen molar-refractivity contribution in [1.82, 2.24) is 5.32 Å². The van der Waals surface area contributed by atoms with Gasteiger partial charge in [0.05, 0.1) is 6.10 Å². The van der Waals surface area contributed by atoms with Crippen LogP contribution in [0.2, 0.25) is 0 Å². The van der Waals surface area contributed by atoms with Crippen molar-refractivity contribution in [1.29, 1.82) is 0 Å². The highest BCUT2D eigenvalue weighted by Crippen LogP contribution is 2.26. The summed E-state index contributed by atoms with van der Waals surface area (Å²) in [5, 5.41) is 3.39. The molecule has 0 aromatic heterocycles. The number of benzene rings is 1. The zero-order chi connectivity index (χ0) is 12.3. The van der Waals surface area contributed by atoms with Gasteiger partial charge < -0.3 is 10.1 Å². The molecule has 1 N–H and O–H groups in total. The molecule has 17 heavy (non-hydrogen) atoms. The molecule has 0 bridgehead atoms. The summed E-state index contributed by atoms with van der Waals surface area (Å²) < 4.78 is 19.2. The lowest BCUT2D eigenvalue weighted by Crippen LogP contribution is -2.30. The first kappa shape index (κ1) is 12.7. The molecule has 94 valence electrons. The van der Waals surface area contributed by atoms with Gasteiger partial charge in [-0.25, -0.2) is 4.39 Å². The second-order valence-electron chi connectivity index (χ2n) is 4.44. The monoisotopic (exact) mass is 255 g/mol. The Hall–Kier alpha value is -0.740. The molecule has 4 heteroatoms. The van der Waals surface area contributed by atoms with Crippen molar-refractivity contribution in [3.8, 4) is 5.75 Å². The highest BCUT2D eigenvalue weighted by molar-refractivity contribution is 7.99. The van der Waals surface area contributed by atoms with Crippen molar-refractivity contribution in [2.75, 3.05) is 18.1 Å². The fraction of sp³-hybridized carbons (Fsp3) is 0.538. The molecule has 2 rings (SSSR count). The van der Waals surface area contributed by atoms with Crippen LogP contribution in [0.3, 0.4) is 0 Å².